The van der Waals surface area contributed by atoms with Gasteiger partial charge in [-0.05, 0) is 39.7 Å². The summed E-state index contributed by atoms with van der Waals surface area (Å²) < 4.78 is 50.0. The Labute approximate surface area is 102 Å². The van der Waals surface area contributed by atoms with Crippen molar-refractivity contribution in [2.24, 2.45) is 0 Å². The minimum absolute atomic E-state index is 0.195. The molecule has 0 atom stereocenters. The SMILES string of the molecule is O=C(O)/C=C/c1cc(F)cc(C(F)(F)F)c1Br. The largest absolute Gasteiger partial charge is 0.478 e. The van der Waals surface area contributed by atoms with E-state index >= 15 is 0 Å². The van der Waals surface area contributed by atoms with E-state index in [0.29, 0.717) is 12.1 Å². The predicted octanol–water partition coefficient (Wildman–Crippen LogP) is 3.70. The molecule has 0 unspecified atom stereocenters. The molecule has 0 bridgehead atoms. The zero-order valence-corrected chi connectivity index (χ0v) is 9.64. The van der Waals surface area contributed by atoms with Gasteiger partial charge < -0.3 is 5.11 Å². The Kier molecular flexibility index (Phi) is 3.92. The maximum absolute atomic E-state index is 13.0. The average Bonchev–Trinajstić information content (AvgIpc) is 2.17. The Bertz CT molecular complexity index is 480. The fourth-order valence-electron chi connectivity index (χ4n) is 1.10. The van der Waals surface area contributed by atoms with Crippen molar-refractivity contribution in [1.29, 1.82) is 0 Å². The smallest absolute Gasteiger partial charge is 0.417 e. The van der Waals surface area contributed by atoms with E-state index < -0.39 is 28.0 Å². The molecule has 0 aliphatic carbocycles. The summed E-state index contributed by atoms with van der Waals surface area (Å²) in [6, 6.07) is 1.14. The highest BCUT2D eigenvalue weighted by Gasteiger charge is 2.34. The van der Waals surface area contributed by atoms with Gasteiger partial charge in [-0.1, -0.05) is 0 Å². The molecule has 0 aliphatic heterocycles. The summed E-state index contributed by atoms with van der Waals surface area (Å²) in [5.74, 6) is -2.43. The van der Waals surface area contributed by atoms with Crippen LogP contribution in [0.2, 0.25) is 0 Å². The maximum atomic E-state index is 13.0. The lowest BCUT2D eigenvalue weighted by Gasteiger charge is -2.11. The topological polar surface area (TPSA) is 37.3 Å². The number of benzene rings is 1. The number of carbonyl (C=O) groups is 1. The van der Waals surface area contributed by atoms with Crippen molar-refractivity contribution >= 4 is 28.0 Å². The van der Waals surface area contributed by atoms with Crippen LogP contribution < -0.4 is 0 Å². The molecule has 0 saturated heterocycles. The molecule has 0 aromatic heterocycles. The molecule has 0 spiro atoms. The van der Waals surface area contributed by atoms with E-state index in [1.807, 2.05) is 0 Å². The Hall–Kier alpha value is -1.37. The summed E-state index contributed by atoms with van der Waals surface area (Å²) >= 11 is 2.67. The minimum Gasteiger partial charge on any atom is -0.478 e. The number of carboxylic acids is 1. The average molecular weight is 313 g/mol. The first-order valence-electron chi connectivity index (χ1n) is 4.19. The number of halogens is 5. The Morgan fingerprint density at radius 3 is 2.41 bits per heavy atom. The van der Waals surface area contributed by atoms with Crippen LogP contribution in [-0.2, 0) is 11.0 Å². The van der Waals surface area contributed by atoms with Gasteiger partial charge in [-0.2, -0.15) is 13.2 Å². The van der Waals surface area contributed by atoms with Crippen LogP contribution in [0, 0.1) is 5.82 Å². The van der Waals surface area contributed by atoms with Gasteiger partial charge in [0.2, 0.25) is 0 Å². The number of carboxylic acid groups (broad SMARTS) is 1. The van der Waals surface area contributed by atoms with E-state index in [0.717, 1.165) is 12.1 Å². The minimum atomic E-state index is -4.72. The van der Waals surface area contributed by atoms with E-state index in [2.05, 4.69) is 15.9 Å². The third kappa shape index (κ3) is 3.55. The molecule has 17 heavy (non-hydrogen) atoms. The Morgan fingerprint density at radius 1 is 1.35 bits per heavy atom. The van der Waals surface area contributed by atoms with Gasteiger partial charge in [-0.15, -0.1) is 0 Å². The van der Waals surface area contributed by atoms with Crippen LogP contribution in [-0.4, -0.2) is 11.1 Å². The molecule has 0 aliphatic rings. The standard InChI is InChI=1S/C10H5BrF4O2/c11-9-5(1-2-8(16)17)3-6(12)4-7(9)10(13,14)15/h1-4H,(H,16,17)/b2-1+. The fraction of sp³-hybridized carbons (Fsp3) is 0.100. The van der Waals surface area contributed by atoms with Crippen LogP contribution in [0.15, 0.2) is 22.7 Å². The fourth-order valence-corrected chi connectivity index (χ4v) is 1.68. The maximum Gasteiger partial charge on any atom is 0.417 e. The normalized spacial score (nSPS) is 12.1. The van der Waals surface area contributed by atoms with Gasteiger partial charge in [0.1, 0.15) is 5.82 Å². The highest BCUT2D eigenvalue weighted by atomic mass is 79.9. The number of aliphatic carboxylic acids is 1. The molecule has 1 N–H and O–H groups in total. The summed E-state index contributed by atoms with van der Waals surface area (Å²) in [4.78, 5) is 10.2. The second-order valence-electron chi connectivity index (χ2n) is 3.03. The van der Waals surface area contributed by atoms with E-state index in [1.165, 1.54) is 0 Å². The summed E-state index contributed by atoms with van der Waals surface area (Å²) in [6.07, 6.45) is -3.21. The molecule has 92 valence electrons. The van der Waals surface area contributed by atoms with Crippen LogP contribution in [0.25, 0.3) is 6.08 Å². The van der Waals surface area contributed by atoms with E-state index in [9.17, 15) is 22.4 Å². The molecule has 1 aromatic rings. The Morgan fingerprint density at radius 2 is 1.94 bits per heavy atom. The van der Waals surface area contributed by atoms with E-state index in [-0.39, 0.29) is 5.56 Å². The van der Waals surface area contributed by atoms with Crippen LogP contribution in [0.5, 0.6) is 0 Å². The van der Waals surface area contributed by atoms with Crippen LogP contribution >= 0.6 is 15.9 Å². The third-order valence-electron chi connectivity index (χ3n) is 1.78. The molecule has 0 amide bonds. The van der Waals surface area contributed by atoms with Gasteiger partial charge in [0, 0.05) is 10.5 Å². The first kappa shape index (κ1) is 13.7. The van der Waals surface area contributed by atoms with Crippen molar-refractivity contribution < 1.29 is 27.5 Å². The molecule has 0 fully saturated rings. The molecule has 0 heterocycles. The zero-order chi connectivity index (χ0) is 13.2. The van der Waals surface area contributed by atoms with Gasteiger partial charge in [0.15, 0.2) is 0 Å². The van der Waals surface area contributed by atoms with Crippen molar-refractivity contribution in [1.82, 2.24) is 0 Å². The van der Waals surface area contributed by atoms with Crippen molar-refractivity contribution in [3.8, 4) is 0 Å². The van der Waals surface area contributed by atoms with Gasteiger partial charge in [-0.3, -0.25) is 0 Å². The predicted molar refractivity (Wildman–Crippen MR) is 55.8 cm³/mol. The highest BCUT2D eigenvalue weighted by Crippen LogP contribution is 2.37. The summed E-state index contributed by atoms with van der Waals surface area (Å²) in [5.41, 5.74) is -1.39. The summed E-state index contributed by atoms with van der Waals surface area (Å²) in [6.45, 7) is 0. The van der Waals surface area contributed by atoms with Crippen molar-refractivity contribution in [3.05, 3.63) is 39.6 Å². The van der Waals surface area contributed by atoms with Gasteiger partial charge >= 0.3 is 12.1 Å². The molecule has 2 nitrogen and oxygen atoms in total. The van der Waals surface area contributed by atoms with Crippen molar-refractivity contribution in [2.45, 2.75) is 6.18 Å². The third-order valence-corrected chi connectivity index (χ3v) is 2.66. The number of hydrogen-bond acceptors (Lipinski definition) is 1. The van der Waals surface area contributed by atoms with Crippen molar-refractivity contribution in [3.63, 3.8) is 0 Å². The van der Waals surface area contributed by atoms with E-state index in [1.54, 1.807) is 0 Å². The van der Waals surface area contributed by atoms with Gasteiger partial charge in [0.25, 0.3) is 0 Å². The lowest BCUT2D eigenvalue weighted by Crippen LogP contribution is -2.07. The molecule has 1 aromatic carbocycles. The first-order valence-corrected chi connectivity index (χ1v) is 4.98. The number of alkyl halides is 3. The number of hydrogen-bond donors (Lipinski definition) is 1. The Balaban J connectivity index is 3.34. The second kappa shape index (κ2) is 4.87. The first-order chi connectivity index (χ1) is 7.71. The summed E-state index contributed by atoms with van der Waals surface area (Å²) in [7, 11) is 0. The molecule has 7 heteroatoms. The lowest BCUT2D eigenvalue weighted by atomic mass is 10.1. The molecule has 0 radical (unpaired) electrons. The highest BCUT2D eigenvalue weighted by molar-refractivity contribution is 9.10. The van der Waals surface area contributed by atoms with Crippen LogP contribution in [0.4, 0.5) is 17.6 Å². The zero-order valence-electron chi connectivity index (χ0n) is 8.05. The van der Waals surface area contributed by atoms with E-state index in [4.69, 9.17) is 5.11 Å². The van der Waals surface area contributed by atoms with Crippen LogP contribution in [0.1, 0.15) is 11.1 Å². The van der Waals surface area contributed by atoms with Crippen LogP contribution in [0.3, 0.4) is 0 Å². The number of rotatable bonds is 2. The molecular formula is C10H5BrF4O2. The monoisotopic (exact) mass is 312 g/mol. The van der Waals surface area contributed by atoms with Gasteiger partial charge in [0.05, 0.1) is 5.56 Å². The molecule has 0 saturated carbocycles. The quantitative estimate of drug-likeness (QED) is 0.668. The second-order valence-corrected chi connectivity index (χ2v) is 3.82. The lowest BCUT2D eigenvalue weighted by molar-refractivity contribution is -0.138. The molecule has 1 rings (SSSR count). The molecular weight excluding hydrogens is 308 g/mol. The summed E-state index contributed by atoms with van der Waals surface area (Å²) in [5, 5.41) is 8.35. The van der Waals surface area contributed by atoms with Crippen molar-refractivity contribution in [2.75, 3.05) is 0 Å². The van der Waals surface area contributed by atoms with Gasteiger partial charge in [-0.25, -0.2) is 9.18 Å².